The van der Waals surface area contributed by atoms with Crippen LogP contribution >= 0.6 is 0 Å². The van der Waals surface area contributed by atoms with E-state index in [1.165, 1.54) is 186 Å². The van der Waals surface area contributed by atoms with Gasteiger partial charge in [-0.15, -0.1) is 0 Å². The molecule has 0 amide bonds. The number of aryl methyl sites for hydroxylation is 2. The minimum absolute atomic E-state index is 0.00789. The van der Waals surface area contributed by atoms with E-state index in [0.29, 0.717) is 24.0 Å². The number of hydrogen-bond donors (Lipinski definition) is 0. The van der Waals surface area contributed by atoms with Gasteiger partial charge < -0.3 is 18.9 Å². The SMILES string of the molecule is CCCCCC(C)(C)c1cc(CCc2cc(C(C)(C)CCCCC)c(OCCCC(CCC)C3CO3)c(C(C)(C)CCCCC)c2)cc(C(C)(C)CCCCC)c1OCCCC(CCC)C1CO1. The van der Waals surface area contributed by atoms with Crippen molar-refractivity contribution in [1.82, 2.24) is 0 Å². The van der Waals surface area contributed by atoms with Gasteiger partial charge in [-0.2, -0.15) is 0 Å². The average Bonchev–Trinajstić information content (AvgIpc) is 4.24. The lowest BCUT2D eigenvalue weighted by Crippen LogP contribution is -2.25. The molecule has 0 saturated carbocycles. The molecule has 2 aliphatic rings. The van der Waals surface area contributed by atoms with Crippen molar-refractivity contribution in [1.29, 1.82) is 0 Å². The van der Waals surface area contributed by atoms with E-state index in [1.54, 1.807) is 0 Å². The van der Waals surface area contributed by atoms with Gasteiger partial charge in [0.05, 0.1) is 38.6 Å². The Morgan fingerprint density at radius 3 is 0.926 bits per heavy atom. The highest BCUT2D eigenvalue weighted by molar-refractivity contribution is 5.53. The summed E-state index contributed by atoms with van der Waals surface area (Å²) in [4.78, 5) is 0. The number of unbranched alkanes of at least 4 members (excludes halogenated alkanes) is 8. The highest BCUT2D eigenvalue weighted by atomic mass is 16.6. The molecule has 0 aromatic heterocycles. The Morgan fingerprint density at radius 1 is 0.412 bits per heavy atom. The molecule has 4 rings (SSSR count). The van der Waals surface area contributed by atoms with Gasteiger partial charge in [-0.05, 0) is 122 Å². The second-order valence-corrected chi connectivity index (χ2v) is 24.7. The van der Waals surface area contributed by atoms with E-state index in [-0.39, 0.29) is 21.7 Å². The summed E-state index contributed by atoms with van der Waals surface area (Å²) in [7, 11) is 0. The van der Waals surface area contributed by atoms with E-state index in [1.807, 2.05) is 0 Å². The van der Waals surface area contributed by atoms with E-state index in [0.717, 1.165) is 52.1 Å². The lowest BCUT2D eigenvalue weighted by atomic mass is 9.72. The third-order valence-corrected chi connectivity index (χ3v) is 16.6. The molecule has 68 heavy (non-hydrogen) atoms. The van der Waals surface area contributed by atoms with Crippen LogP contribution in [0.5, 0.6) is 11.5 Å². The first-order valence-electron chi connectivity index (χ1n) is 29.3. The van der Waals surface area contributed by atoms with Crippen molar-refractivity contribution in [2.24, 2.45) is 11.8 Å². The van der Waals surface area contributed by atoms with Gasteiger partial charge in [0.15, 0.2) is 0 Å². The molecule has 0 spiro atoms. The molecule has 0 bridgehead atoms. The van der Waals surface area contributed by atoms with Crippen LogP contribution in [-0.2, 0) is 44.0 Å². The maximum Gasteiger partial charge on any atom is 0.126 e. The van der Waals surface area contributed by atoms with Crippen molar-refractivity contribution in [3.8, 4) is 11.5 Å². The number of epoxide rings is 2. The standard InChI is InChI=1S/C64H110O4/c1-15-21-25-37-61(7,8)53-43-49(44-54(62(9,10)38-26-22-16-2)59(53)65-41-29-33-51(31-19-5)57-47-67-57)35-36-50-45-55(63(11,12)39-27-23-17-3)60(56(46-50)64(13,14)40-28-24-18-4)66-42-30-34-52(32-20-6)58-48-68-58/h43-46,51-52,57-58H,15-42,47-48H2,1-14H3. The van der Waals surface area contributed by atoms with E-state index in [2.05, 4.69) is 121 Å². The fourth-order valence-corrected chi connectivity index (χ4v) is 11.6. The third kappa shape index (κ3) is 18.5. The number of ether oxygens (including phenoxy) is 4. The van der Waals surface area contributed by atoms with E-state index >= 15 is 0 Å². The average molecular weight is 944 g/mol. The monoisotopic (exact) mass is 943 g/mol. The lowest BCUT2D eigenvalue weighted by molar-refractivity contribution is 0.249. The van der Waals surface area contributed by atoms with Gasteiger partial charge in [0.1, 0.15) is 11.5 Å². The molecule has 4 unspecified atom stereocenters. The molecule has 390 valence electrons. The van der Waals surface area contributed by atoms with Crippen molar-refractivity contribution < 1.29 is 18.9 Å². The summed E-state index contributed by atoms with van der Waals surface area (Å²) >= 11 is 0. The third-order valence-electron chi connectivity index (χ3n) is 16.6. The maximum absolute atomic E-state index is 7.22. The van der Waals surface area contributed by atoms with Gasteiger partial charge in [-0.25, -0.2) is 0 Å². The summed E-state index contributed by atoms with van der Waals surface area (Å²) in [6.07, 6.45) is 32.3. The largest absolute Gasteiger partial charge is 0.493 e. The molecule has 2 aliphatic heterocycles. The Morgan fingerprint density at radius 2 is 0.691 bits per heavy atom. The van der Waals surface area contributed by atoms with Gasteiger partial charge in [-0.1, -0.05) is 211 Å². The minimum Gasteiger partial charge on any atom is -0.493 e. The van der Waals surface area contributed by atoms with Gasteiger partial charge in [0.2, 0.25) is 0 Å². The number of hydrogen-bond acceptors (Lipinski definition) is 4. The van der Waals surface area contributed by atoms with Crippen molar-refractivity contribution in [3.05, 3.63) is 57.6 Å². The van der Waals surface area contributed by atoms with Crippen molar-refractivity contribution in [3.63, 3.8) is 0 Å². The molecule has 2 aromatic carbocycles. The first-order valence-corrected chi connectivity index (χ1v) is 29.3. The van der Waals surface area contributed by atoms with Crippen LogP contribution in [0, 0.1) is 11.8 Å². The fourth-order valence-electron chi connectivity index (χ4n) is 11.6. The van der Waals surface area contributed by atoms with Crippen molar-refractivity contribution >= 4 is 0 Å². The zero-order valence-electron chi connectivity index (χ0n) is 47.5. The highest BCUT2D eigenvalue weighted by Crippen LogP contribution is 2.47. The molecule has 2 saturated heterocycles. The Balaban J connectivity index is 1.80. The Kier molecular flexibility index (Phi) is 24.8. The van der Waals surface area contributed by atoms with Crippen LogP contribution in [0.15, 0.2) is 24.3 Å². The molecular weight excluding hydrogens is 833 g/mol. The van der Waals surface area contributed by atoms with Crippen molar-refractivity contribution in [2.45, 2.75) is 298 Å². The zero-order chi connectivity index (χ0) is 49.8. The summed E-state index contributed by atoms with van der Waals surface area (Å²) < 4.78 is 26.1. The molecule has 4 nitrogen and oxygen atoms in total. The second-order valence-electron chi connectivity index (χ2n) is 24.7. The molecule has 0 aliphatic carbocycles. The molecule has 2 fully saturated rings. The zero-order valence-corrected chi connectivity index (χ0v) is 47.5. The quantitative estimate of drug-likeness (QED) is 0.0495. The number of benzene rings is 2. The predicted octanol–water partition coefficient (Wildman–Crippen LogP) is 18.9. The molecule has 4 heteroatoms. The predicted molar refractivity (Wildman–Crippen MR) is 295 cm³/mol. The molecule has 0 radical (unpaired) electrons. The molecule has 2 heterocycles. The topological polar surface area (TPSA) is 43.5 Å². The minimum atomic E-state index is 0.00789. The second kappa shape index (κ2) is 28.9. The van der Waals surface area contributed by atoms with Gasteiger partial charge in [-0.3, -0.25) is 0 Å². The van der Waals surface area contributed by atoms with Crippen LogP contribution in [0.2, 0.25) is 0 Å². The first-order chi connectivity index (χ1) is 32.5. The smallest absolute Gasteiger partial charge is 0.126 e. The number of rotatable bonds is 39. The van der Waals surface area contributed by atoms with Crippen LogP contribution in [0.25, 0.3) is 0 Å². The van der Waals surface area contributed by atoms with Crippen LogP contribution in [-0.4, -0.2) is 38.6 Å². The highest BCUT2D eigenvalue weighted by Gasteiger charge is 2.36. The van der Waals surface area contributed by atoms with E-state index in [9.17, 15) is 0 Å². The summed E-state index contributed by atoms with van der Waals surface area (Å²) in [6.45, 7) is 37.5. The summed E-state index contributed by atoms with van der Waals surface area (Å²) in [5, 5.41) is 0. The Labute approximate surface area is 422 Å². The molecule has 0 N–H and O–H groups in total. The van der Waals surface area contributed by atoms with E-state index in [4.69, 9.17) is 18.9 Å². The van der Waals surface area contributed by atoms with Gasteiger partial charge in [0, 0.05) is 22.3 Å². The van der Waals surface area contributed by atoms with Gasteiger partial charge in [0.25, 0.3) is 0 Å². The lowest BCUT2D eigenvalue weighted by Gasteiger charge is -2.35. The summed E-state index contributed by atoms with van der Waals surface area (Å²) in [5.41, 5.74) is 8.73. The molecular formula is C64H110O4. The molecule has 4 atom stereocenters. The van der Waals surface area contributed by atoms with Crippen LogP contribution < -0.4 is 9.47 Å². The van der Waals surface area contributed by atoms with E-state index < -0.39 is 0 Å². The van der Waals surface area contributed by atoms with Gasteiger partial charge >= 0.3 is 0 Å². The van der Waals surface area contributed by atoms with Crippen LogP contribution in [0.3, 0.4) is 0 Å². The summed E-state index contributed by atoms with van der Waals surface area (Å²) in [6, 6.07) is 10.4. The summed E-state index contributed by atoms with van der Waals surface area (Å²) in [5.74, 6) is 3.73. The maximum atomic E-state index is 7.22. The fraction of sp³-hybridized carbons (Fsp3) is 0.812. The Bertz CT molecular complexity index is 1500. The first kappa shape index (κ1) is 58.5. The Hall–Kier alpha value is -2.04. The van der Waals surface area contributed by atoms with Crippen LogP contribution in [0.4, 0.5) is 0 Å². The normalized spacial score (nSPS) is 17.4. The van der Waals surface area contributed by atoms with Crippen molar-refractivity contribution in [2.75, 3.05) is 26.4 Å². The molecule has 2 aromatic rings. The van der Waals surface area contributed by atoms with Crippen LogP contribution in [0.1, 0.15) is 284 Å².